The van der Waals surface area contributed by atoms with Gasteiger partial charge in [0.25, 0.3) is 0 Å². The maximum Gasteiger partial charge on any atom is 0.135 e. The molecule has 0 saturated carbocycles. The zero-order valence-electron chi connectivity index (χ0n) is 8.12. The molecule has 0 spiro atoms. The van der Waals surface area contributed by atoms with E-state index in [1.165, 1.54) is 0 Å². The highest BCUT2D eigenvalue weighted by Gasteiger charge is 2.12. The number of hydrogen-bond acceptors (Lipinski definition) is 3. The Hall–Kier alpha value is -0.800. The number of hydrogen-bond donors (Lipinski definition) is 1. The molecule has 1 heterocycles. The third kappa shape index (κ3) is 2.86. The zero-order chi connectivity index (χ0) is 9.68. The summed E-state index contributed by atoms with van der Waals surface area (Å²) in [6.45, 7) is 2.61. The molecule has 0 aliphatic carbocycles. The van der Waals surface area contributed by atoms with Crippen LogP contribution in [0.15, 0.2) is 16.7 Å². The molecule has 1 atom stereocenters. The third-order valence-electron chi connectivity index (χ3n) is 2.03. The van der Waals surface area contributed by atoms with Gasteiger partial charge in [0.05, 0.1) is 6.26 Å². The Morgan fingerprint density at radius 3 is 2.92 bits per heavy atom. The molecule has 0 amide bonds. The minimum Gasteiger partial charge on any atom is -0.466 e. The lowest BCUT2D eigenvalue weighted by molar-refractivity contribution is 0.117. The molecular formula is C10H16O3. The third-order valence-corrected chi connectivity index (χ3v) is 2.03. The quantitative estimate of drug-likeness (QED) is 0.712. The Labute approximate surface area is 78.3 Å². The average Bonchev–Trinajstić information content (AvgIpc) is 2.52. The minimum absolute atomic E-state index is 0.495. The summed E-state index contributed by atoms with van der Waals surface area (Å²) in [7, 11) is 1.66. The number of rotatable bonds is 5. The van der Waals surface area contributed by atoms with Crippen LogP contribution in [0.4, 0.5) is 0 Å². The second-order valence-electron chi connectivity index (χ2n) is 3.12. The van der Waals surface area contributed by atoms with E-state index in [-0.39, 0.29) is 0 Å². The van der Waals surface area contributed by atoms with Crippen molar-refractivity contribution in [2.45, 2.75) is 25.9 Å². The van der Waals surface area contributed by atoms with Crippen LogP contribution in [0.5, 0.6) is 0 Å². The first-order valence-electron chi connectivity index (χ1n) is 4.46. The molecule has 0 aliphatic heterocycles. The molecular weight excluding hydrogens is 168 g/mol. The lowest BCUT2D eigenvalue weighted by Crippen LogP contribution is -1.99. The van der Waals surface area contributed by atoms with Gasteiger partial charge in [-0.25, -0.2) is 0 Å². The van der Waals surface area contributed by atoms with Gasteiger partial charge in [0.1, 0.15) is 11.9 Å². The highest BCUT2D eigenvalue weighted by molar-refractivity contribution is 5.16. The maximum atomic E-state index is 9.67. The van der Waals surface area contributed by atoms with Crippen LogP contribution in [0.25, 0.3) is 0 Å². The van der Waals surface area contributed by atoms with Gasteiger partial charge in [0.15, 0.2) is 0 Å². The van der Waals surface area contributed by atoms with E-state index in [1.54, 1.807) is 13.4 Å². The Balaban J connectivity index is 2.39. The van der Waals surface area contributed by atoms with Crippen LogP contribution in [0.3, 0.4) is 0 Å². The Kier molecular flexibility index (Phi) is 3.99. The van der Waals surface area contributed by atoms with E-state index < -0.39 is 6.10 Å². The molecule has 1 rings (SSSR count). The van der Waals surface area contributed by atoms with Crippen molar-refractivity contribution in [1.29, 1.82) is 0 Å². The average molecular weight is 184 g/mol. The first-order chi connectivity index (χ1) is 6.25. The van der Waals surface area contributed by atoms with Crippen LogP contribution < -0.4 is 0 Å². The predicted octanol–water partition coefficient (Wildman–Crippen LogP) is 2.05. The van der Waals surface area contributed by atoms with Crippen LogP contribution in [0.2, 0.25) is 0 Å². The van der Waals surface area contributed by atoms with Gasteiger partial charge in [-0.3, -0.25) is 0 Å². The molecule has 3 heteroatoms. The predicted molar refractivity (Wildman–Crippen MR) is 49.5 cm³/mol. The molecule has 0 radical (unpaired) electrons. The van der Waals surface area contributed by atoms with Crippen molar-refractivity contribution in [3.8, 4) is 0 Å². The second-order valence-corrected chi connectivity index (χ2v) is 3.12. The van der Waals surface area contributed by atoms with Crippen LogP contribution >= 0.6 is 0 Å². The van der Waals surface area contributed by atoms with Crippen molar-refractivity contribution in [1.82, 2.24) is 0 Å². The lowest BCUT2D eigenvalue weighted by Gasteiger charge is -2.07. The summed E-state index contributed by atoms with van der Waals surface area (Å²) in [5.41, 5.74) is 1.00. The topological polar surface area (TPSA) is 42.6 Å². The fraction of sp³-hybridized carbons (Fsp3) is 0.600. The number of ether oxygens (including phenoxy) is 1. The van der Waals surface area contributed by atoms with Crippen molar-refractivity contribution in [2.75, 3.05) is 13.7 Å². The summed E-state index contributed by atoms with van der Waals surface area (Å²) in [6, 6.07) is 1.86. The molecule has 0 fully saturated rings. The van der Waals surface area contributed by atoms with Crippen LogP contribution in [-0.2, 0) is 4.74 Å². The van der Waals surface area contributed by atoms with Crippen molar-refractivity contribution in [2.24, 2.45) is 0 Å². The fourth-order valence-corrected chi connectivity index (χ4v) is 1.28. The number of aliphatic hydroxyl groups excluding tert-OH is 1. The van der Waals surface area contributed by atoms with Crippen molar-refractivity contribution in [3.63, 3.8) is 0 Å². The van der Waals surface area contributed by atoms with Gasteiger partial charge in [-0.2, -0.15) is 0 Å². The molecule has 0 saturated heterocycles. The van der Waals surface area contributed by atoms with Gasteiger partial charge >= 0.3 is 0 Å². The van der Waals surface area contributed by atoms with Crippen molar-refractivity contribution >= 4 is 0 Å². The highest BCUT2D eigenvalue weighted by atomic mass is 16.5. The highest BCUT2D eigenvalue weighted by Crippen LogP contribution is 2.22. The summed E-state index contributed by atoms with van der Waals surface area (Å²) in [5, 5.41) is 9.67. The summed E-state index contributed by atoms with van der Waals surface area (Å²) in [6.07, 6.45) is 2.63. The first kappa shape index (κ1) is 10.3. The van der Waals surface area contributed by atoms with E-state index in [0.29, 0.717) is 18.8 Å². The molecule has 74 valence electrons. The van der Waals surface area contributed by atoms with E-state index in [9.17, 15) is 5.11 Å². The molecule has 3 nitrogen and oxygen atoms in total. The van der Waals surface area contributed by atoms with E-state index in [4.69, 9.17) is 9.15 Å². The second kappa shape index (κ2) is 5.04. The number of aryl methyl sites for hydroxylation is 1. The van der Waals surface area contributed by atoms with Gasteiger partial charge in [-0.05, 0) is 31.4 Å². The molecule has 0 bridgehead atoms. The van der Waals surface area contributed by atoms with E-state index in [2.05, 4.69) is 0 Å². The zero-order valence-corrected chi connectivity index (χ0v) is 8.12. The van der Waals surface area contributed by atoms with Gasteiger partial charge in [0, 0.05) is 13.7 Å². The smallest absolute Gasteiger partial charge is 0.135 e. The number of aliphatic hydroxyl groups is 1. The van der Waals surface area contributed by atoms with Gasteiger partial charge < -0.3 is 14.3 Å². The normalized spacial score (nSPS) is 13.2. The number of methoxy groups -OCH3 is 1. The van der Waals surface area contributed by atoms with Gasteiger partial charge in [0.2, 0.25) is 0 Å². The maximum absolute atomic E-state index is 9.67. The van der Waals surface area contributed by atoms with Crippen LogP contribution in [-0.4, -0.2) is 18.8 Å². The van der Waals surface area contributed by atoms with Crippen molar-refractivity contribution in [3.05, 3.63) is 23.7 Å². The standard InChI is InChI=1S/C10H16O3/c1-8-5-7-13-10(8)9(11)4-3-6-12-2/h5,7,9,11H,3-4,6H2,1-2H3. The largest absolute Gasteiger partial charge is 0.466 e. The molecule has 0 aromatic carbocycles. The Morgan fingerprint density at radius 1 is 1.62 bits per heavy atom. The molecule has 0 aliphatic rings. The van der Waals surface area contributed by atoms with Gasteiger partial charge in [-0.15, -0.1) is 0 Å². The summed E-state index contributed by atoms with van der Waals surface area (Å²) in [4.78, 5) is 0. The first-order valence-corrected chi connectivity index (χ1v) is 4.46. The Bertz CT molecular complexity index is 242. The van der Waals surface area contributed by atoms with Crippen LogP contribution in [0, 0.1) is 6.92 Å². The Morgan fingerprint density at radius 2 is 2.38 bits per heavy atom. The number of furan rings is 1. The van der Waals surface area contributed by atoms with Gasteiger partial charge in [-0.1, -0.05) is 0 Å². The monoisotopic (exact) mass is 184 g/mol. The molecule has 1 unspecified atom stereocenters. The SMILES string of the molecule is COCCCC(O)c1occc1C. The van der Waals surface area contributed by atoms with E-state index in [0.717, 1.165) is 12.0 Å². The summed E-state index contributed by atoms with van der Waals surface area (Å²) < 4.78 is 10.1. The van der Waals surface area contributed by atoms with Crippen LogP contribution in [0.1, 0.15) is 30.3 Å². The fourth-order valence-electron chi connectivity index (χ4n) is 1.28. The molecule has 1 N–H and O–H groups in total. The minimum atomic E-state index is -0.495. The van der Waals surface area contributed by atoms with E-state index >= 15 is 0 Å². The molecule has 13 heavy (non-hydrogen) atoms. The molecule has 1 aromatic heterocycles. The summed E-state index contributed by atoms with van der Waals surface area (Å²) in [5.74, 6) is 0.677. The van der Waals surface area contributed by atoms with E-state index in [1.807, 2.05) is 13.0 Å². The lowest BCUT2D eigenvalue weighted by atomic mass is 10.1. The molecule has 1 aromatic rings. The van der Waals surface area contributed by atoms with Crippen molar-refractivity contribution < 1.29 is 14.3 Å². The summed E-state index contributed by atoms with van der Waals surface area (Å²) >= 11 is 0.